The maximum absolute atomic E-state index is 10.1. The fourth-order valence-electron chi connectivity index (χ4n) is 1.75. The van der Waals surface area contributed by atoms with Crippen LogP contribution in [0.2, 0.25) is 0 Å². The fourth-order valence-corrected chi connectivity index (χ4v) is 2.59. The van der Waals surface area contributed by atoms with Crippen molar-refractivity contribution < 1.29 is 5.11 Å². The summed E-state index contributed by atoms with van der Waals surface area (Å²) in [4.78, 5) is 0. The van der Waals surface area contributed by atoms with Gasteiger partial charge in [-0.15, -0.1) is 0 Å². The van der Waals surface area contributed by atoms with Crippen LogP contribution in [0.15, 0.2) is 0 Å². The molecule has 0 saturated heterocycles. The molecule has 2 atom stereocenters. The zero-order valence-corrected chi connectivity index (χ0v) is 9.25. The normalized spacial score (nSPS) is 38.2. The SMILES string of the molecule is CC1CCCCC1(O)C(Cl)(Cl)Cl. The van der Waals surface area contributed by atoms with Crippen LogP contribution >= 0.6 is 34.8 Å². The van der Waals surface area contributed by atoms with Gasteiger partial charge in [-0.25, -0.2) is 0 Å². The quantitative estimate of drug-likeness (QED) is 0.634. The summed E-state index contributed by atoms with van der Waals surface area (Å²) in [6, 6.07) is 0. The van der Waals surface area contributed by atoms with Crippen LogP contribution in [-0.4, -0.2) is 14.5 Å². The first kappa shape index (κ1) is 10.9. The third kappa shape index (κ3) is 1.84. The van der Waals surface area contributed by atoms with Crippen molar-refractivity contribution in [1.29, 1.82) is 0 Å². The van der Waals surface area contributed by atoms with E-state index >= 15 is 0 Å². The molecule has 0 bridgehead atoms. The van der Waals surface area contributed by atoms with Crippen LogP contribution in [0.4, 0.5) is 0 Å². The molecule has 12 heavy (non-hydrogen) atoms. The van der Waals surface area contributed by atoms with Gasteiger partial charge in [-0.1, -0.05) is 54.6 Å². The maximum atomic E-state index is 10.1. The van der Waals surface area contributed by atoms with Gasteiger partial charge in [-0.3, -0.25) is 0 Å². The number of hydrogen-bond donors (Lipinski definition) is 1. The second-order valence-corrected chi connectivity index (χ2v) is 5.85. The summed E-state index contributed by atoms with van der Waals surface area (Å²) in [5, 5.41) is 10.1. The summed E-state index contributed by atoms with van der Waals surface area (Å²) >= 11 is 17.2. The van der Waals surface area contributed by atoms with E-state index in [4.69, 9.17) is 34.8 Å². The van der Waals surface area contributed by atoms with Crippen LogP contribution in [0.5, 0.6) is 0 Å². The van der Waals surface area contributed by atoms with E-state index in [0.29, 0.717) is 6.42 Å². The summed E-state index contributed by atoms with van der Waals surface area (Å²) in [5.74, 6) is 0.0683. The summed E-state index contributed by atoms with van der Waals surface area (Å²) < 4.78 is -1.55. The standard InChI is InChI=1S/C8H13Cl3O/c1-6-4-2-3-5-7(6,12)8(9,10)11/h6,12H,2-5H2,1H3. The molecule has 1 N–H and O–H groups in total. The van der Waals surface area contributed by atoms with Crippen LogP contribution in [0, 0.1) is 5.92 Å². The number of rotatable bonds is 0. The third-order valence-corrected chi connectivity index (χ3v) is 3.73. The lowest BCUT2D eigenvalue weighted by molar-refractivity contribution is -0.0376. The van der Waals surface area contributed by atoms with Crippen molar-refractivity contribution >= 4 is 34.8 Å². The van der Waals surface area contributed by atoms with Gasteiger partial charge in [0.2, 0.25) is 3.79 Å². The van der Waals surface area contributed by atoms with E-state index in [9.17, 15) is 5.11 Å². The summed E-state index contributed by atoms with van der Waals surface area (Å²) in [7, 11) is 0. The van der Waals surface area contributed by atoms with Crippen LogP contribution in [-0.2, 0) is 0 Å². The number of hydrogen-bond acceptors (Lipinski definition) is 1. The molecular formula is C8H13Cl3O. The molecule has 1 fully saturated rings. The van der Waals surface area contributed by atoms with E-state index in [1.54, 1.807) is 0 Å². The van der Waals surface area contributed by atoms with Crippen molar-refractivity contribution in [2.24, 2.45) is 5.92 Å². The second kappa shape index (κ2) is 3.53. The van der Waals surface area contributed by atoms with E-state index in [1.807, 2.05) is 6.92 Å². The minimum absolute atomic E-state index is 0.0683. The lowest BCUT2D eigenvalue weighted by Crippen LogP contribution is -2.50. The molecule has 72 valence electrons. The third-order valence-electron chi connectivity index (χ3n) is 2.75. The minimum atomic E-state index is -1.55. The molecular weight excluding hydrogens is 218 g/mol. The van der Waals surface area contributed by atoms with Crippen LogP contribution in [0.1, 0.15) is 32.6 Å². The van der Waals surface area contributed by atoms with Gasteiger partial charge in [0.1, 0.15) is 5.60 Å². The highest BCUT2D eigenvalue weighted by molar-refractivity contribution is 6.68. The lowest BCUT2D eigenvalue weighted by atomic mass is 9.77. The topological polar surface area (TPSA) is 20.2 Å². The Hall–Kier alpha value is 0.830. The van der Waals surface area contributed by atoms with Crippen molar-refractivity contribution in [3.63, 3.8) is 0 Å². The monoisotopic (exact) mass is 230 g/mol. The lowest BCUT2D eigenvalue weighted by Gasteiger charge is -2.42. The number of halogens is 3. The van der Waals surface area contributed by atoms with Crippen LogP contribution < -0.4 is 0 Å². The minimum Gasteiger partial charge on any atom is -0.385 e. The van der Waals surface area contributed by atoms with E-state index in [0.717, 1.165) is 19.3 Å². The van der Waals surface area contributed by atoms with Gasteiger partial charge in [0.05, 0.1) is 0 Å². The van der Waals surface area contributed by atoms with E-state index in [1.165, 1.54) is 0 Å². The Kier molecular flexibility index (Phi) is 3.21. The van der Waals surface area contributed by atoms with Gasteiger partial charge in [-0.05, 0) is 18.8 Å². The summed E-state index contributed by atoms with van der Waals surface area (Å²) in [6.07, 6.45) is 3.58. The molecule has 0 amide bonds. The highest BCUT2D eigenvalue weighted by Crippen LogP contribution is 2.49. The Morgan fingerprint density at radius 2 is 1.92 bits per heavy atom. The fraction of sp³-hybridized carbons (Fsp3) is 1.00. The molecule has 0 spiro atoms. The Morgan fingerprint density at radius 3 is 2.25 bits per heavy atom. The molecule has 0 aromatic carbocycles. The zero-order chi connectivity index (χ0) is 9.41. The highest BCUT2D eigenvalue weighted by atomic mass is 35.6. The Bertz CT molecular complexity index is 166. The first-order chi connectivity index (χ1) is 5.38. The molecule has 1 saturated carbocycles. The van der Waals surface area contributed by atoms with Gasteiger partial charge in [-0.2, -0.15) is 0 Å². The number of aliphatic hydroxyl groups is 1. The van der Waals surface area contributed by atoms with E-state index in [2.05, 4.69) is 0 Å². The first-order valence-electron chi connectivity index (χ1n) is 4.17. The molecule has 4 heteroatoms. The zero-order valence-electron chi connectivity index (χ0n) is 6.99. The molecule has 1 rings (SSSR count). The summed E-state index contributed by atoms with van der Waals surface area (Å²) in [6.45, 7) is 1.93. The van der Waals surface area contributed by atoms with Gasteiger partial charge in [0.25, 0.3) is 0 Å². The molecule has 1 aliphatic carbocycles. The van der Waals surface area contributed by atoms with Crippen LogP contribution in [0.25, 0.3) is 0 Å². The predicted molar refractivity (Wildman–Crippen MR) is 52.9 cm³/mol. The van der Waals surface area contributed by atoms with Crippen molar-refractivity contribution in [2.75, 3.05) is 0 Å². The second-order valence-electron chi connectivity index (χ2n) is 3.57. The van der Waals surface area contributed by atoms with Gasteiger partial charge in [0, 0.05) is 0 Å². The molecule has 0 aromatic heterocycles. The smallest absolute Gasteiger partial charge is 0.219 e. The largest absolute Gasteiger partial charge is 0.385 e. The molecule has 0 heterocycles. The Balaban J connectivity index is 2.79. The molecule has 0 aliphatic heterocycles. The molecule has 0 aromatic rings. The average Bonchev–Trinajstić information content (AvgIpc) is 1.93. The van der Waals surface area contributed by atoms with Crippen molar-refractivity contribution in [3.8, 4) is 0 Å². The Morgan fingerprint density at radius 1 is 1.33 bits per heavy atom. The van der Waals surface area contributed by atoms with Crippen molar-refractivity contribution in [1.82, 2.24) is 0 Å². The van der Waals surface area contributed by atoms with Gasteiger partial charge >= 0.3 is 0 Å². The van der Waals surface area contributed by atoms with E-state index in [-0.39, 0.29) is 5.92 Å². The average molecular weight is 232 g/mol. The maximum Gasteiger partial charge on any atom is 0.219 e. The predicted octanol–water partition coefficient (Wildman–Crippen LogP) is 3.30. The van der Waals surface area contributed by atoms with Crippen molar-refractivity contribution in [2.45, 2.75) is 42.0 Å². The van der Waals surface area contributed by atoms with Gasteiger partial charge in [0.15, 0.2) is 0 Å². The molecule has 1 nitrogen and oxygen atoms in total. The molecule has 1 aliphatic rings. The summed E-state index contributed by atoms with van der Waals surface area (Å²) in [5.41, 5.74) is -1.13. The molecule has 0 radical (unpaired) electrons. The Labute approximate surface area is 88.0 Å². The van der Waals surface area contributed by atoms with Gasteiger partial charge < -0.3 is 5.11 Å². The van der Waals surface area contributed by atoms with Crippen LogP contribution in [0.3, 0.4) is 0 Å². The number of alkyl halides is 3. The molecule has 2 unspecified atom stereocenters. The van der Waals surface area contributed by atoms with E-state index < -0.39 is 9.39 Å². The van der Waals surface area contributed by atoms with Crippen molar-refractivity contribution in [3.05, 3.63) is 0 Å². The highest BCUT2D eigenvalue weighted by Gasteiger charge is 2.51. The first-order valence-corrected chi connectivity index (χ1v) is 5.30.